The van der Waals surface area contributed by atoms with E-state index in [0.717, 1.165) is 11.1 Å². The molecule has 0 saturated carbocycles. The molecule has 1 saturated heterocycles. The molecule has 1 fully saturated rings. The molecule has 2 aromatic rings. The van der Waals surface area contributed by atoms with Crippen LogP contribution in [0.5, 0.6) is 0 Å². The first-order valence-corrected chi connectivity index (χ1v) is 12.8. The normalized spacial score (nSPS) is 20.8. The molecule has 3 rings (SSSR count). The lowest BCUT2D eigenvalue weighted by Gasteiger charge is -2.27. The molecule has 8 nitrogen and oxygen atoms in total. The molecule has 0 bridgehead atoms. The molecule has 1 aliphatic heterocycles. The van der Waals surface area contributed by atoms with Crippen molar-refractivity contribution in [2.24, 2.45) is 0 Å². The average molecular weight is 493 g/mol. The van der Waals surface area contributed by atoms with E-state index in [1.807, 2.05) is 60.7 Å². The van der Waals surface area contributed by atoms with Gasteiger partial charge in [0, 0.05) is 14.2 Å². The Bertz CT molecular complexity index is 942. The maximum atomic E-state index is 13.1. The number of hydrogen-bond donors (Lipinski definition) is 0. The summed E-state index contributed by atoms with van der Waals surface area (Å²) >= 11 is 0. The van der Waals surface area contributed by atoms with E-state index in [1.165, 1.54) is 14.2 Å². The van der Waals surface area contributed by atoms with Crippen LogP contribution in [0.4, 0.5) is 0 Å². The summed E-state index contributed by atoms with van der Waals surface area (Å²) in [5, 5.41) is 0. The van der Waals surface area contributed by atoms with Gasteiger partial charge in [-0.05, 0) is 25.0 Å². The lowest BCUT2D eigenvalue weighted by atomic mass is 10.1. The van der Waals surface area contributed by atoms with Crippen molar-refractivity contribution in [2.45, 2.75) is 51.2 Å². The Kier molecular flexibility index (Phi) is 9.56. The molecule has 0 spiro atoms. The third kappa shape index (κ3) is 7.55. The number of carbonyl (C=O) groups is 1. The van der Waals surface area contributed by atoms with Gasteiger partial charge in [0.15, 0.2) is 11.6 Å². The third-order valence-corrected chi connectivity index (χ3v) is 7.23. The van der Waals surface area contributed by atoms with Crippen LogP contribution in [-0.2, 0) is 50.6 Å². The maximum Gasteiger partial charge on any atom is 0.337 e. The summed E-state index contributed by atoms with van der Waals surface area (Å²) in [6, 6.07) is 19.5. The Balaban J connectivity index is 1.76. The van der Waals surface area contributed by atoms with Crippen LogP contribution < -0.4 is 0 Å². The van der Waals surface area contributed by atoms with Gasteiger partial charge in [0.2, 0.25) is 0 Å². The van der Waals surface area contributed by atoms with Crippen molar-refractivity contribution in [1.29, 1.82) is 0 Å². The predicted molar refractivity (Wildman–Crippen MR) is 126 cm³/mol. The van der Waals surface area contributed by atoms with E-state index in [0.29, 0.717) is 13.2 Å². The number of hydrogen-bond acceptors (Lipinski definition) is 8. The largest absolute Gasteiger partial charge is 0.374 e. The van der Waals surface area contributed by atoms with Crippen molar-refractivity contribution in [3.8, 4) is 0 Å². The van der Waals surface area contributed by atoms with E-state index in [4.69, 9.17) is 28.0 Å². The van der Waals surface area contributed by atoms with E-state index in [2.05, 4.69) is 0 Å². The smallest absolute Gasteiger partial charge is 0.337 e. The third-order valence-electron chi connectivity index (χ3n) is 5.42. The molecule has 186 valence electrons. The van der Waals surface area contributed by atoms with Gasteiger partial charge in [0.05, 0.1) is 19.8 Å². The number of ether oxygens (including phenoxy) is 4. The molecule has 3 atom stereocenters. The second kappa shape index (κ2) is 12.2. The summed E-state index contributed by atoms with van der Waals surface area (Å²) < 4.78 is 46.6. The first-order valence-electron chi connectivity index (χ1n) is 11.1. The van der Waals surface area contributed by atoms with E-state index in [-0.39, 0.29) is 6.61 Å². The molecular weight excluding hydrogens is 459 g/mol. The summed E-state index contributed by atoms with van der Waals surface area (Å²) in [5.74, 6) is -1.48. The standard InChI is InChI=1S/C25H33O8P/c1-25(2)32-23(21(26)18-34(27,28-3)29-4)24(33-25)22(31-16-20-13-9-6-10-14-20)17-30-15-19-11-7-5-8-12-19/h5-14,22-24H,15-18H2,1-4H3/t22-,23+,24-/m1/s1. The number of carbonyl (C=O) groups excluding carboxylic acids is 1. The molecule has 34 heavy (non-hydrogen) atoms. The fourth-order valence-corrected chi connectivity index (χ4v) is 4.65. The van der Waals surface area contributed by atoms with Crippen molar-refractivity contribution in [2.75, 3.05) is 27.0 Å². The van der Waals surface area contributed by atoms with Crippen LogP contribution >= 0.6 is 7.60 Å². The fourth-order valence-electron chi connectivity index (χ4n) is 3.68. The van der Waals surface area contributed by atoms with Crippen LogP contribution in [0.15, 0.2) is 60.7 Å². The first-order chi connectivity index (χ1) is 16.3. The van der Waals surface area contributed by atoms with Gasteiger partial charge in [-0.2, -0.15) is 0 Å². The van der Waals surface area contributed by atoms with Gasteiger partial charge >= 0.3 is 7.60 Å². The summed E-state index contributed by atoms with van der Waals surface area (Å²) in [4.78, 5) is 13.1. The summed E-state index contributed by atoms with van der Waals surface area (Å²) in [6.45, 7) is 4.29. The van der Waals surface area contributed by atoms with Crippen LogP contribution in [-0.4, -0.2) is 56.9 Å². The second-order valence-electron chi connectivity index (χ2n) is 8.46. The molecule has 0 amide bonds. The Hall–Kier alpha value is -1.90. The SMILES string of the molecule is COP(=O)(CC(=O)[C@@H]1OC(C)(C)O[C@@H]1[C@@H](COCc1ccccc1)OCc1ccccc1)OC. The summed E-state index contributed by atoms with van der Waals surface area (Å²) in [7, 11) is -1.08. The highest BCUT2D eigenvalue weighted by Gasteiger charge is 2.50. The number of Topliss-reactive ketones (excluding diaryl/α,β-unsaturated/α-hetero) is 1. The van der Waals surface area contributed by atoms with Crippen LogP contribution in [0, 0.1) is 0 Å². The molecule has 1 heterocycles. The highest BCUT2D eigenvalue weighted by Crippen LogP contribution is 2.47. The Morgan fingerprint density at radius 1 is 0.941 bits per heavy atom. The first kappa shape index (κ1) is 26.7. The van der Waals surface area contributed by atoms with Crippen LogP contribution in [0.3, 0.4) is 0 Å². The Morgan fingerprint density at radius 2 is 1.50 bits per heavy atom. The zero-order valence-corrected chi connectivity index (χ0v) is 20.9. The molecule has 2 aromatic carbocycles. The van der Waals surface area contributed by atoms with E-state index >= 15 is 0 Å². The van der Waals surface area contributed by atoms with Crippen molar-refractivity contribution in [3.63, 3.8) is 0 Å². The minimum Gasteiger partial charge on any atom is -0.374 e. The molecule has 0 aliphatic carbocycles. The average Bonchev–Trinajstić information content (AvgIpc) is 3.17. The van der Waals surface area contributed by atoms with E-state index in [1.54, 1.807) is 13.8 Å². The highest BCUT2D eigenvalue weighted by atomic mass is 31.2. The lowest BCUT2D eigenvalue weighted by Crippen LogP contribution is -2.44. The summed E-state index contributed by atoms with van der Waals surface area (Å²) in [5.41, 5.74) is 1.99. The van der Waals surface area contributed by atoms with Crippen molar-refractivity contribution >= 4 is 13.4 Å². The number of rotatable bonds is 13. The predicted octanol–water partition coefficient (Wildman–Crippen LogP) is 4.36. The van der Waals surface area contributed by atoms with Crippen LogP contribution in [0.1, 0.15) is 25.0 Å². The van der Waals surface area contributed by atoms with Gasteiger partial charge in [0.25, 0.3) is 0 Å². The molecule has 0 radical (unpaired) electrons. The maximum absolute atomic E-state index is 13.1. The Labute approximate surface area is 201 Å². The van der Waals surface area contributed by atoms with Gasteiger partial charge in [0.1, 0.15) is 24.5 Å². The molecular formula is C25H33O8P. The van der Waals surface area contributed by atoms with Gasteiger partial charge in [-0.25, -0.2) is 0 Å². The van der Waals surface area contributed by atoms with Gasteiger partial charge in [-0.3, -0.25) is 9.36 Å². The summed E-state index contributed by atoms with van der Waals surface area (Å²) in [6.07, 6.45) is -2.85. The van der Waals surface area contributed by atoms with Crippen molar-refractivity contribution < 1.29 is 37.4 Å². The van der Waals surface area contributed by atoms with Crippen molar-refractivity contribution in [1.82, 2.24) is 0 Å². The quantitative estimate of drug-likeness (QED) is 0.381. The van der Waals surface area contributed by atoms with Gasteiger partial charge < -0.3 is 28.0 Å². The molecule has 0 unspecified atom stereocenters. The van der Waals surface area contributed by atoms with Crippen LogP contribution in [0.25, 0.3) is 0 Å². The molecule has 1 aliphatic rings. The number of ketones is 1. The number of benzene rings is 2. The monoisotopic (exact) mass is 492 g/mol. The lowest BCUT2D eigenvalue weighted by molar-refractivity contribution is -0.167. The fraction of sp³-hybridized carbons (Fsp3) is 0.480. The van der Waals surface area contributed by atoms with E-state index < -0.39 is 43.6 Å². The highest BCUT2D eigenvalue weighted by molar-refractivity contribution is 7.54. The molecule has 0 aromatic heterocycles. The minimum absolute atomic E-state index is 0.168. The van der Waals surface area contributed by atoms with Crippen LogP contribution in [0.2, 0.25) is 0 Å². The minimum atomic E-state index is -3.57. The zero-order valence-electron chi connectivity index (χ0n) is 20.0. The Morgan fingerprint density at radius 3 is 2.06 bits per heavy atom. The van der Waals surface area contributed by atoms with Gasteiger partial charge in [-0.1, -0.05) is 60.7 Å². The van der Waals surface area contributed by atoms with E-state index in [9.17, 15) is 9.36 Å². The topological polar surface area (TPSA) is 89.5 Å². The zero-order chi connectivity index (χ0) is 24.6. The van der Waals surface area contributed by atoms with Crippen molar-refractivity contribution in [3.05, 3.63) is 71.8 Å². The molecule has 0 N–H and O–H groups in total. The van der Waals surface area contributed by atoms with Gasteiger partial charge in [-0.15, -0.1) is 0 Å². The molecule has 9 heteroatoms. The second-order valence-corrected chi connectivity index (χ2v) is 10.7.